The van der Waals surface area contributed by atoms with Crippen LogP contribution in [0.2, 0.25) is 0 Å². The van der Waals surface area contributed by atoms with Gasteiger partial charge >= 0.3 is 0 Å². The van der Waals surface area contributed by atoms with Gasteiger partial charge in [-0.15, -0.1) is 0 Å². The highest BCUT2D eigenvalue weighted by molar-refractivity contribution is 5.47. The number of rotatable bonds is 2. The Morgan fingerprint density at radius 2 is 1.80 bits per heavy atom. The summed E-state index contributed by atoms with van der Waals surface area (Å²) in [6.07, 6.45) is 2.64. The molecule has 0 radical (unpaired) electrons. The lowest BCUT2D eigenvalue weighted by Crippen LogP contribution is -2.32. The molecule has 2 heteroatoms. The molecule has 2 rings (SSSR count). The number of hydrogen-bond donors (Lipinski definition) is 1. The molecule has 1 aliphatic heterocycles. The fourth-order valence-electron chi connectivity index (χ4n) is 2.11. The van der Waals surface area contributed by atoms with E-state index in [9.17, 15) is 0 Å². The van der Waals surface area contributed by atoms with Crippen LogP contribution in [0.3, 0.4) is 0 Å². The SMILES string of the molecule is CC1CCN(c2ccc(CN)cc2)CC1. The van der Waals surface area contributed by atoms with Crippen molar-refractivity contribution < 1.29 is 0 Å². The number of piperidine rings is 1. The van der Waals surface area contributed by atoms with E-state index >= 15 is 0 Å². The number of anilines is 1. The molecular formula is C13H20N2. The summed E-state index contributed by atoms with van der Waals surface area (Å²) < 4.78 is 0. The average Bonchev–Trinajstić information content (AvgIpc) is 2.30. The molecule has 1 aromatic carbocycles. The molecule has 15 heavy (non-hydrogen) atoms. The summed E-state index contributed by atoms with van der Waals surface area (Å²) in [5.41, 5.74) is 8.14. The van der Waals surface area contributed by atoms with Crippen LogP contribution in [0, 0.1) is 5.92 Å². The molecule has 1 aromatic rings. The third-order valence-corrected chi connectivity index (χ3v) is 3.32. The summed E-state index contributed by atoms with van der Waals surface area (Å²) in [4.78, 5) is 2.47. The highest BCUT2D eigenvalue weighted by Gasteiger charge is 2.15. The Labute approximate surface area is 92.1 Å². The van der Waals surface area contributed by atoms with Gasteiger partial charge in [0.25, 0.3) is 0 Å². The van der Waals surface area contributed by atoms with Gasteiger partial charge in [0.15, 0.2) is 0 Å². The molecule has 0 atom stereocenters. The highest BCUT2D eigenvalue weighted by Crippen LogP contribution is 2.22. The molecule has 2 N–H and O–H groups in total. The maximum atomic E-state index is 5.58. The lowest BCUT2D eigenvalue weighted by molar-refractivity contribution is 0.438. The Balaban J connectivity index is 2.03. The van der Waals surface area contributed by atoms with Gasteiger partial charge in [0.05, 0.1) is 0 Å². The Morgan fingerprint density at radius 1 is 1.20 bits per heavy atom. The zero-order chi connectivity index (χ0) is 10.7. The second-order valence-corrected chi connectivity index (χ2v) is 4.54. The molecule has 1 heterocycles. The fourth-order valence-corrected chi connectivity index (χ4v) is 2.11. The molecule has 0 unspecified atom stereocenters. The largest absolute Gasteiger partial charge is 0.372 e. The van der Waals surface area contributed by atoms with Crippen molar-refractivity contribution in [1.29, 1.82) is 0 Å². The fraction of sp³-hybridized carbons (Fsp3) is 0.538. The van der Waals surface area contributed by atoms with E-state index in [0.29, 0.717) is 6.54 Å². The van der Waals surface area contributed by atoms with Crippen molar-refractivity contribution in [3.8, 4) is 0 Å². The van der Waals surface area contributed by atoms with Gasteiger partial charge in [-0.05, 0) is 36.5 Å². The minimum absolute atomic E-state index is 0.636. The van der Waals surface area contributed by atoms with Crippen LogP contribution in [0.5, 0.6) is 0 Å². The van der Waals surface area contributed by atoms with E-state index in [1.54, 1.807) is 0 Å². The normalized spacial score (nSPS) is 18.1. The second kappa shape index (κ2) is 4.67. The van der Waals surface area contributed by atoms with Crippen molar-refractivity contribution in [3.63, 3.8) is 0 Å². The van der Waals surface area contributed by atoms with Crippen LogP contribution < -0.4 is 10.6 Å². The van der Waals surface area contributed by atoms with Crippen molar-refractivity contribution in [2.24, 2.45) is 11.7 Å². The topological polar surface area (TPSA) is 29.3 Å². The van der Waals surface area contributed by atoms with Crippen molar-refractivity contribution in [2.45, 2.75) is 26.3 Å². The third kappa shape index (κ3) is 2.51. The van der Waals surface area contributed by atoms with Crippen LogP contribution in [-0.4, -0.2) is 13.1 Å². The van der Waals surface area contributed by atoms with Gasteiger partial charge in [-0.3, -0.25) is 0 Å². The van der Waals surface area contributed by atoms with Crippen molar-refractivity contribution in [2.75, 3.05) is 18.0 Å². The molecule has 0 saturated carbocycles. The molecule has 0 aromatic heterocycles. The first kappa shape index (κ1) is 10.5. The monoisotopic (exact) mass is 204 g/mol. The predicted octanol–water partition coefficient (Wildman–Crippen LogP) is 2.38. The van der Waals surface area contributed by atoms with Crippen LogP contribution in [0.4, 0.5) is 5.69 Å². The van der Waals surface area contributed by atoms with Crippen molar-refractivity contribution >= 4 is 5.69 Å². The van der Waals surface area contributed by atoms with Crippen LogP contribution in [0.25, 0.3) is 0 Å². The van der Waals surface area contributed by atoms with E-state index in [2.05, 4.69) is 36.1 Å². The molecule has 0 bridgehead atoms. The summed E-state index contributed by atoms with van der Waals surface area (Å²) in [5, 5.41) is 0. The summed E-state index contributed by atoms with van der Waals surface area (Å²) in [6, 6.07) is 8.65. The summed E-state index contributed by atoms with van der Waals surface area (Å²) in [7, 11) is 0. The molecule has 1 aliphatic rings. The van der Waals surface area contributed by atoms with Gasteiger partial charge in [-0.2, -0.15) is 0 Å². The van der Waals surface area contributed by atoms with Crippen LogP contribution >= 0.6 is 0 Å². The molecule has 82 valence electrons. The Kier molecular flexibility index (Phi) is 3.27. The van der Waals surface area contributed by atoms with Gasteiger partial charge in [0.1, 0.15) is 0 Å². The van der Waals surface area contributed by atoms with Crippen LogP contribution in [0.1, 0.15) is 25.3 Å². The van der Waals surface area contributed by atoms with E-state index < -0.39 is 0 Å². The lowest BCUT2D eigenvalue weighted by Gasteiger charge is -2.32. The molecule has 0 amide bonds. The molecule has 0 aliphatic carbocycles. The Bertz CT molecular complexity index is 297. The maximum absolute atomic E-state index is 5.58. The van der Waals surface area contributed by atoms with E-state index in [-0.39, 0.29) is 0 Å². The van der Waals surface area contributed by atoms with E-state index in [1.807, 2.05) is 0 Å². The van der Waals surface area contributed by atoms with Gasteiger partial charge in [-0.1, -0.05) is 19.1 Å². The molecule has 1 fully saturated rings. The van der Waals surface area contributed by atoms with Gasteiger partial charge in [0.2, 0.25) is 0 Å². The molecule has 2 nitrogen and oxygen atoms in total. The standard InChI is InChI=1S/C13H20N2/c1-11-6-8-15(9-7-11)13-4-2-12(10-14)3-5-13/h2-5,11H,6-10,14H2,1H3. The van der Waals surface area contributed by atoms with E-state index in [1.165, 1.54) is 37.2 Å². The zero-order valence-electron chi connectivity index (χ0n) is 9.45. The number of nitrogens with zero attached hydrogens (tertiary/aromatic N) is 1. The predicted molar refractivity (Wildman–Crippen MR) is 64.9 cm³/mol. The second-order valence-electron chi connectivity index (χ2n) is 4.54. The number of benzene rings is 1. The minimum Gasteiger partial charge on any atom is -0.372 e. The van der Waals surface area contributed by atoms with Crippen LogP contribution in [-0.2, 0) is 6.54 Å². The number of hydrogen-bond acceptors (Lipinski definition) is 2. The summed E-state index contributed by atoms with van der Waals surface area (Å²) >= 11 is 0. The van der Waals surface area contributed by atoms with E-state index in [4.69, 9.17) is 5.73 Å². The van der Waals surface area contributed by atoms with Crippen molar-refractivity contribution in [1.82, 2.24) is 0 Å². The Morgan fingerprint density at radius 3 is 2.33 bits per heavy atom. The summed E-state index contributed by atoms with van der Waals surface area (Å²) in [6.45, 7) is 5.37. The third-order valence-electron chi connectivity index (χ3n) is 3.32. The highest BCUT2D eigenvalue weighted by atomic mass is 15.1. The molecular weight excluding hydrogens is 184 g/mol. The minimum atomic E-state index is 0.636. The van der Waals surface area contributed by atoms with Crippen molar-refractivity contribution in [3.05, 3.63) is 29.8 Å². The van der Waals surface area contributed by atoms with E-state index in [0.717, 1.165) is 5.92 Å². The summed E-state index contributed by atoms with van der Waals surface area (Å²) in [5.74, 6) is 0.893. The number of nitrogens with two attached hydrogens (primary N) is 1. The first-order valence-electron chi connectivity index (χ1n) is 5.83. The van der Waals surface area contributed by atoms with Crippen LogP contribution in [0.15, 0.2) is 24.3 Å². The first-order chi connectivity index (χ1) is 7.29. The average molecular weight is 204 g/mol. The zero-order valence-corrected chi connectivity index (χ0v) is 9.45. The maximum Gasteiger partial charge on any atom is 0.0366 e. The van der Waals surface area contributed by atoms with Gasteiger partial charge in [-0.25, -0.2) is 0 Å². The first-order valence-corrected chi connectivity index (χ1v) is 5.83. The lowest BCUT2D eigenvalue weighted by atomic mass is 9.99. The smallest absolute Gasteiger partial charge is 0.0366 e. The van der Waals surface area contributed by atoms with Gasteiger partial charge in [0, 0.05) is 25.3 Å². The van der Waals surface area contributed by atoms with Gasteiger partial charge < -0.3 is 10.6 Å². The molecule has 1 saturated heterocycles. The Hall–Kier alpha value is -1.02. The quantitative estimate of drug-likeness (QED) is 0.801. The molecule has 0 spiro atoms.